The Morgan fingerprint density at radius 3 is 2.23 bits per heavy atom. The molecule has 5 heterocycles. The van der Waals surface area contributed by atoms with Crippen LogP contribution in [0, 0.1) is 29.6 Å². The van der Waals surface area contributed by atoms with Gasteiger partial charge >= 0.3 is 5.97 Å². The zero-order valence-corrected chi connectivity index (χ0v) is 50.1. The van der Waals surface area contributed by atoms with E-state index < -0.39 is 136 Å². The van der Waals surface area contributed by atoms with E-state index in [4.69, 9.17) is 33.2 Å². The molecule has 0 spiro atoms. The number of hydrogen-bond acceptors (Lipinski definition) is 19. The summed E-state index contributed by atoms with van der Waals surface area (Å²) in [5, 5.41) is 69.0. The number of likely N-dealkylation sites (N-methyl/N-ethyl adjacent to an activating group) is 2. The van der Waals surface area contributed by atoms with Crippen molar-refractivity contribution in [1.82, 2.24) is 24.8 Å². The van der Waals surface area contributed by atoms with Crippen molar-refractivity contribution in [2.24, 2.45) is 29.6 Å². The van der Waals surface area contributed by atoms with Crippen molar-refractivity contribution in [1.29, 1.82) is 0 Å². The van der Waals surface area contributed by atoms with Gasteiger partial charge in [-0.2, -0.15) is 0 Å². The van der Waals surface area contributed by atoms with Crippen LogP contribution in [0.2, 0.25) is 0 Å². The molecule has 4 fully saturated rings. The number of methoxy groups -OCH3 is 2. The second-order valence-electron chi connectivity index (χ2n) is 24.5. The molecule has 4 aliphatic rings. The molecule has 6 rings (SSSR count). The first-order valence-corrected chi connectivity index (χ1v) is 30.2. The fourth-order valence-electron chi connectivity index (χ4n) is 13.2. The van der Waals surface area contributed by atoms with Crippen molar-refractivity contribution < 1.29 is 76.3 Å². The summed E-state index contributed by atoms with van der Waals surface area (Å²) in [6, 6.07) is 4.35. The van der Waals surface area contributed by atoms with Crippen molar-refractivity contribution in [3.8, 4) is 0 Å². The second-order valence-corrected chi connectivity index (χ2v) is 26.5. The second kappa shape index (κ2) is 27.3. The van der Waals surface area contributed by atoms with Gasteiger partial charge in [0.25, 0.3) is 0 Å². The average molecular weight is 1140 g/mol. The molecule has 20 nitrogen and oxygen atoms in total. The van der Waals surface area contributed by atoms with Crippen LogP contribution < -0.4 is 0 Å². The topological polar surface area (TPSA) is 254 Å². The summed E-state index contributed by atoms with van der Waals surface area (Å²) in [5.41, 5.74) is -3.43. The zero-order valence-electron chi connectivity index (χ0n) is 49.3. The highest BCUT2D eigenvalue weighted by molar-refractivity contribution is 7.91. The first-order chi connectivity index (χ1) is 37.0. The predicted octanol–water partition coefficient (Wildman–Crippen LogP) is 4.48. The molecule has 1 unspecified atom stereocenters. The smallest absolute Gasteiger partial charge is 0.309 e. The summed E-state index contributed by atoms with van der Waals surface area (Å²) in [5.74, 6) is -3.28. The first-order valence-electron chi connectivity index (χ1n) is 28.5. The summed E-state index contributed by atoms with van der Waals surface area (Å²) in [6.07, 6.45) is -5.40. The van der Waals surface area contributed by atoms with Crippen LogP contribution in [-0.4, -0.2) is 216 Å². The van der Waals surface area contributed by atoms with Crippen molar-refractivity contribution in [3.63, 3.8) is 0 Å². The number of aliphatic hydroxyl groups is 5. The van der Waals surface area contributed by atoms with Gasteiger partial charge in [0.2, 0.25) is 0 Å². The Bertz CT molecular complexity index is 2340. The third-order valence-corrected chi connectivity index (χ3v) is 20.1. The van der Waals surface area contributed by atoms with Crippen LogP contribution in [-0.2, 0) is 54.2 Å². The van der Waals surface area contributed by atoms with E-state index in [0.29, 0.717) is 63.2 Å². The molecule has 4 saturated heterocycles. The van der Waals surface area contributed by atoms with Crippen LogP contribution in [0.1, 0.15) is 131 Å². The van der Waals surface area contributed by atoms with Crippen molar-refractivity contribution >= 4 is 15.8 Å². The summed E-state index contributed by atoms with van der Waals surface area (Å²) in [7, 11) is 3.13. The normalized spacial score (nSPS) is 39.2. The third-order valence-electron chi connectivity index (χ3n) is 18.2. The van der Waals surface area contributed by atoms with Gasteiger partial charge in [-0.3, -0.25) is 4.79 Å². The van der Waals surface area contributed by atoms with Crippen LogP contribution in [0.5, 0.6) is 0 Å². The Kier molecular flexibility index (Phi) is 22.6. The molecule has 452 valence electrons. The molecule has 2 aromatic rings. The maximum atomic E-state index is 15.0. The Morgan fingerprint density at radius 2 is 1.62 bits per heavy atom. The molecule has 22 heteroatoms. The lowest BCUT2D eigenvalue weighted by Gasteiger charge is -2.51. The Morgan fingerprint density at radius 1 is 0.962 bits per heavy atom. The van der Waals surface area contributed by atoms with E-state index >= 15 is 4.39 Å². The monoisotopic (exact) mass is 1140 g/mol. The van der Waals surface area contributed by atoms with Gasteiger partial charge in [0.1, 0.15) is 48.8 Å². The van der Waals surface area contributed by atoms with Gasteiger partial charge < -0.3 is 68.5 Å². The molecule has 5 N–H and O–H groups in total. The van der Waals surface area contributed by atoms with Crippen molar-refractivity contribution in [3.05, 3.63) is 41.7 Å². The lowest BCUT2D eigenvalue weighted by atomic mass is 9.68. The maximum absolute atomic E-state index is 15.0. The van der Waals surface area contributed by atoms with Crippen LogP contribution in [0.3, 0.4) is 0 Å². The quantitative estimate of drug-likeness (QED) is 0.137. The van der Waals surface area contributed by atoms with E-state index in [1.165, 1.54) is 38.0 Å². The minimum Gasteiger partial charge on any atom is -0.459 e. The molecule has 1 aromatic carbocycles. The highest BCUT2D eigenvalue weighted by Gasteiger charge is 2.55. The van der Waals surface area contributed by atoms with E-state index in [-0.39, 0.29) is 41.7 Å². The highest BCUT2D eigenvalue weighted by atomic mass is 32.2. The Labute approximate surface area is 468 Å². The van der Waals surface area contributed by atoms with Gasteiger partial charge in [-0.25, -0.2) is 17.5 Å². The Balaban J connectivity index is 1.24. The van der Waals surface area contributed by atoms with Gasteiger partial charge in [0, 0.05) is 77.6 Å². The average Bonchev–Trinajstić information content (AvgIpc) is 3.97. The molecule has 0 bridgehead atoms. The van der Waals surface area contributed by atoms with Crippen LogP contribution >= 0.6 is 0 Å². The number of sulfone groups is 1. The molecular formula is C57H96FN5O15S. The largest absolute Gasteiger partial charge is 0.459 e. The summed E-state index contributed by atoms with van der Waals surface area (Å²) >= 11 is 0. The van der Waals surface area contributed by atoms with Crippen molar-refractivity contribution in [2.45, 2.75) is 215 Å². The molecule has 79 heavy (non-hydrogen) atoms. The standard InChI is InChI=1S/C57H96FN5O15S/c1-15-46-57(10,69)50(65)37(6)62(12)30-33(2)27-55(8,68)52(35(4)47(36(5)53(67)77-46)45-28-56(9,73-14)51(66)38(7)76-45)78-54-48(64)43(26-34(3)75-54)61(11)23-20-41-31-63(60-59-41)44(29-58)49(72-13)40-16-18-42(19-17-40)79(70,71)32-39-21-24-74-25-22-39/h16-19,31,33-39,43-52,54,64-66,68-69H,15,20-30,32H2,1-14H3/t33-,34-,35+,36-,37-,38+,43+,44-,45-,46-,47?,48-,49-,50-,51+,52-,54+,55-,56-,57-/m1/s1. The summed E-state index contributed by atoms with van der Waals surface area (Å²) < 4.78 is 86.4. The number of aromatic nitrogens is 3. The number of ether oxygens (including phenoxy) is 7. The zero-order chi connectivity index (χ0) is 58.5. The first kappa shape index (κ1) is 65.3. The molecular weight excluding hydrogens is 1050 g/mol. The van der Waals surface area contributed by atoms with E-state index in [2.05, 4.69) is 10.3 Å². The maximum Gasteiger partial charge on any atom is 0.309 e. The molecule has 20 atom stereocenters. The third kappa shape index (κ3) is 15.1. The van der Waals surface area contributed by atoms with Gasteiger partial charge in [-0.15, -0.1) is 5.10 Å². The number of benzene rings is 1. The number of carbonyl (C=O) groups is 1. The van der Waals surface area contributed by atoms with E-state index in [1.807, 2.05) is 44.7 Å². The predicted molar refractivity (Wildman–Crippen MR) is 292 cm³/mol. The van der Waals surface area contributed by atoms with Crippen LogP contribution in [0.15, 0.2) is 35.4 Å². The lowest BCUT2D eigenvalue weighted by molar-refractivity contribution is -0.302. The molecule has 0 aliphatic carbocycles. The van der Waals surface area contributed by atoms with Gasteiger partial charge in [-0.05, 0) is 123 Å². The van der Waals surface area contributed by atoms with Crippen molar-refractivity contribution in [2.75, 3.05) is 67.0 Å². The highest BCUT2D eigenvalue weighted by Crippen LogP contribution is 2.45. The molecule has 0 amide bonds. The number of hydrogen-bond donors (Lipinski definition) is 5. The number of alkyl halides is 1. The number of halogens is 1. The molecule has 1 aromatic heterocycles. The van der Waals surface area contributed by atoms with Gasteiger partial charge in [0.15, 0.2) is 16.1 Å². The molecule has 0 radical (unpaired) electrons. The summed E-state index contributed by atoms with van der Waals surface area (Å²) in [4.78, 5) is 18.8. The number of nitrogens with zero attached hydrogens (tertiary/aromatic N) is 5. The molecule has 4 aliphatic heterocycles. The number of carbonyl (C=O) groups excluding carboxylic acids is 1. The Hall–Kier alpha value is -2.81. The summed E-state index contributed by atoms with van der Waals surface area (Å²) in [6.45, 7) is 18.8. The minimum atomic E-state index is -3.55. The fourth-order valence-corrected chi connectivity index (χ4v) is 14.9. The lowest BCUT2D eigenvalue weighted by Crippen LogP contribution is -2.62. The SMILES string of the molecule is CC[C@H]1OC(=O)[C@H](C)C([C@H]2C[C@@](C)(OC)[C@@H](O)[C@H](C)O2)[C@H](C)[C@@H](O[C@@H]2O[C@H](C)C[C@H](N(C)CCc3cn([C@H](CF)[C@H](OC)c4ccc(S(=O)(=O)CC5CCOCC5)cc4)nn3)[C@H]2O)[C@](C)(O)C[C@@H](C)CN(C)[C@H](C)[C@@H](O)[C@]1(C)O. The van der Waals surface area contributed by atoms with E-state index in [0.717, 1.165) is 0 Å². The molecule has 0 saturated carbocycles. The number of esters is 1. The number of rotatable bonds is 17. The van der Waals surface area contributed by atoms with Gasteiger partial charge in [0.05, 0.1) is 57.9 Å². The number of cyclic esters (lactones) is 1. The van der Waals surface area contributed by atoms with Gasteiger partial charge in [-0.1, -0.05) is 45.0 Å². The minimum absolute atomic E-state index is 0.0282. The van der Waals surface area contributed by atoms with Crippen LogP contribution in [0.4, 0.5) is 4.39 Å². The van der Waals surface area contributed by atoms with Crippen LogP contribution in [0.25, 0.3) is 0 Å². The van der Waals surface area contributed by atoms with E-state index in [1.54, 1.807) is 59.9 Å². The van der Waals surface area contributed by atoms with E-state index in [9.17, 15) is 38.7 Å². The number of aliphatic hydroxyl groups excluding tert-OH is 3. The fraction of sp³-hybridized carbons (Fsp3) is 0.842.